The van der Waals surface area contributed by atoms with E-state index >= 15 is 0 Å². The topological polar surface area (TPSA) is 58.4 Å². The van der Waals surface area contributed by atoms with Crippen molar-refractivity contribution in [1.82, 2.24) is 5.32 Å². The van der Waals surface area contributed by atoms with Crippen molar-refractivity contribution in [2.24, 2.45) is 0 Å². The number of nitrogen functional groups attached to an aromatic ring is 1. The molecule has 0 heterocycles. The van der Waals surface area contributed by atoms with Crippen LogP contribution in [0.5, 0.6) is 0 Å². The van der Waals surface area contributed by atoms with Gasteiger partial charge in [0.05, 0.1) is 0 Å². The lowest BCUT2D eigenvalue weighted by molar-refractivity contribution is 0.244. The minimum Gasteiger partial charge on any atom is -0.399 e. The van der Waals surface area contributed by atoms with Crippen molar-refractivity contribution < 1.29 is 4.79 Å². The zero-order valence-electron chi connectivity index (χ0n) is 10.0. The van der Waals surface area contributed by atoms with Gasteiger partial charge in [-0.15, -0.1) is 0 Å². The number of amides is 2. The first-order valence-corrected chi connectivity index (χ1v) is 5.48. The van der Waals surface area contributed by atoms with Gasteiger partial charge in [-0.2, -0.15) is 0 Å². The van der Waals surface area contributed by atoms with Gasteiger partial charge >= 0.3 is 6.03 Å². The van der Waals surface area contributed by atoms with E-state index in [-0.39, 0.29) is 12.1 Å². The van der Waals surface area contributed by atoms with Crippen LogP contribution in [-0.4, -0.2) is 18.6 Å². The number of nitrogens with two attached hydrogens (primary N) is 1. The first-order chi connectivity index (χ1) is 7.54. The van der Waals surface area contributed by atoms with E-state index in [9.17, 15) is 4.79 Å². The molecule has 4 nitrogen and oxygen atoms in total. The van der Waals surface area contributed by atoms with Gasteiger partial charge < -0.3 is 11.1 Å². The molecule has 0 bridgehead atoms. The molecule has 0 radical (unpaired) electrons. The Bertz CT molecular complexity index is 346. The van der Waals surface area contributed by atoms with Gasteiger partial charge in [-0.25, -0.2) is 4.79 Å². The van der Waals surface area contributed by atoms with Gasteiger partial charge in [0.1, 0.15) is 0 Å². The van der Waals surface area contributed by atoms with Crippen molar-refractivity contribution in [2.75, 3.05) is 17.2 Å². The largest absolute Gasteiger partial charge is 0.399 e. The van der Waals surface area contributed by atoms with E-state index in [1.807, 2.05) is 32.9 Å². The highest BCUT2D eigenvalue weighted by Crippen LogP contribution is 2.16. The third kappa shape index (κ3) is 3.15. The molecule has 3 N–H and O–H groups in total. The van der Waals surface area contributed by atoms with Crippen LogP contribution in [0.4, 0.5) is 16.2 Å². The number of carbonyl (C=O) groups excluding carboxylic acids is 1. The highest BCUT2D eigenvalue weighted by Gasteiger charge is 2.13. The van der Waals surface area contributed by atoms with Gasteiger partial charge in [0, 0.05) is 24.0 Å². The lowest BCUT2D eigenvalue weighted by Gasteiger charge is -2.22. The first kappa shape index (κ1) is 12.4. The minimum atomic E-state index is -0.0812. The highest BCUT2D eigenvalue weighted by molar-refractivity contribution is 5.92. The van der Waals surface area contributed by atoms with Crippen LogP contribution in [0.15, 0.2) is 24.3 Å². The zero-order chi connectivity index (χ0) is 12.1. The van der Waals surface area contributed by atoms with E-state index in [0.29, 0.717) is 12.2 Å². The number of hydrogen-bond acceptors (Lipinski definition) is 2. The second-order valence-electron chi connectivity index (χ2n) is 3.94. The normalized spacial score (nSPS) is 10.2. The van der Waals surface area contributed by atoms with Gasteiger partial charge in [-0.1, -0.05) is 0 Å². The Morgan fingerprint density at radius 2 is 1.94 bits per heavy atom. The Labute approximate surface area is 96.4 Å². The molecule has 1 aromatic carbocycles. The quantitative estimate of drug-likeness (QED) is 0.769. The van der Waals surface area contributed by atoms with Crippen molar-refractivity contribution >= 4 is 17.4 Å². The number of urea groups is 1. The molecule has 1 rings (SSSR count). The summed E-state index contributed by atoms with van der Waals surface area (Å²) in [5.74, 6) is 0. The molecule has 16 heavy (non-hydrogen) atoms. The maximum atomic E-state index is 11.9. The van der Waals surface area contributed by atoms with Crippen LogP contribution < -0.4 is 16.0 Å². The summed E-state index contributed by atoms with van der Waals surface area (Å²) < 4.78 is 0. The van der Waals surface area contributed by atoms with E-state index < -0.39 is 0 Å². The van der Waals surface area contributed by atoms with Crippen LogP contribution in [-0.2, 0) is 0 Å². The third-order valence-corrected chi connectivity index (χ3v) is 2.18. The summed E-state index contributed by atoms with van der Waals surface area (Å²) in [6.45, 7) is 6.45. The molecule has 0 fully saturated rings. The summed E-state index contributed by atoms with van der Waals surface area (Å²) in [7, 11) is 0. The molecule has 0 saturated carbocycles. The number of hydrogen-bond donors (Lipinski definition) is 2. The van der Waals surface area contributed by atoms with Gasteiger partial charge in [-0.05, 0) is 45.0 Å². The van der Waals surface area contributed by atoms with E-state index in [1.165, 1.54) is 0 Å². The van der Waals surface area contributed by atoms with Gasteiger partial charge in [0.2, 0.25) is 0 Å². The summed E-state index contributed by atoms with van der Waals surface area (Å²) in [6.07, 6.45) is 0. The molecule has 0 spiro atoms. The second-order valence-corrected chi connectivity index (χ2v) is 3.94. The van der Waals surface area contributed by atoms with Crippen molar-refractivity contribution in [1.29, 1.82) is 0 Å². The molecule has 0 unspecified atom stereocenters. The van der Waals surface area contributed by atoms with Crippen LogP contribution in [0.3, 0.4) is 0 Å². The Morgan fingerprint density at radius 1 is 1.38 bits per heavy atom. The summed E-state index contributed by atoms with van der Waals surface area (Å²) in [5, 5.41) is 2.86. The predicted molar refractivity (Wildman–Crippen MR) is 67.5 cm³/mol. The van der Waals surface area contributed by atoms with Crippen molar-refractivity contribution in [3.63, 3.8) is 0 Å². The fraction of sp³-hybridized carbons (Fsp3) is 0.417. The molecule has 0 aliphatic carbocycles. The first-order valence-electron chi connectivity index (χ1n) is 5.48. The Hall–Kier alpha value is -1.71. The van der Waals surface area contributed by atoms with Crippen LogP contribution in [0, 0.1) is 0 Å². The summed E-state index contributed by atoms with van der Waals surface area (Å²) >= 11 is 0. The molecule has 4 heteroatoms. The standard InChI is InChI=1S/C12H19N3O/c1-4-15(12(16)14-9(2)3)11-7-5-10(13)6-8-11/h5-9H,4,13H2,1-3H3,(H,14,16). The number of carbonyl (C=O) groups is 1. The molecule has 1 aromatic rings. The molecular weight excluding hydrogens is 202 g/mol. The summed E-state index contributed by atoms with van der Waals surface area (Å²) in [4.78, 5) is 13.5. The lowest BCUT2D eigenvalue weighted by atomic mass is 10.2. The van der Waals surface area contributed by atoms with Gasteiger partial charge in [0.25, 0.3) is 0 Å². The van der Waals surface area contributed by atoms with E-state index in [4.69, 9.17) is 5.73 Å². The minimum absolute atomic E-state index is 0.0812. The van der Waals surface area contributed by atoms with Gasteiger partial charge in [0.15, 0.2) is 0 Å². The molecule has 0 aliphatic rings. The molecule has 88 valence electrons. The predicted octanol–water partition coefficient (Wildman–Crippen LogP) is 2.21. The van der Waals surface area contributed by atoms with Gasteiger partial charge in [-0.3, -0.25) is 4.90 Å². The average molecular weight is 221 g/mol. The van der Waals surface area contributed by atoms with Crippen molar-refractivity contribution in [2.45, 2.75) is 26.8 Å². The number of rotatable bonds is 3. The molecule has 0 aromatic heterocycles. The Morgan fingerprint density at radius 3 is 2.38 bits per heavy atom. The number of nitrogens with one attached hydrogen (secondary N) is 1. The number of nitrogens with zero attached hydrogens (tertiary/aromatic N) is 1. The van der Waals surface area contributed by atoms with Crippen LogP contribution in [0.1, 0.15) is 20.8 Å². The summed E-state index contributed by atoms with van der Waals surface area (Å²) in [5.41, 5.74) is 7.16. The SMILES string of the molecule is CCN(C(=O)NC(C)C)c1ccc(N)cc1. The van der Waals surface area contributed by atoms with Crippen LogP contribution in [0.2, 0.25) is 0 Å². The van der Waals surface area contributed by atoms with Crippen molar-refractivity contribution in [3.8, 4) is 0 Å². The maximum absolute atomic E-state index is 11.9. The summed E-state index contributed by atoms with van der Waals surface area (Å²) in [6, 6.07) is 7.33. The smallest absolute Gasteiger partial charge is 0.322 e. The molecule has 0 saturated heterocycles. The molecule has 2 amide bonds. The van der Waals surface area contributed by atoms with Crippen LogP contribution >= 0.6 is 0 Å². The molecule has 0 atom stereocenters. The maximum Gasteiger partial charge on any atom is 0.322 e. The number of anilines is 2. The number of benzene rings is 1. The van der Waals surface area contributed by atoms with Crippen molar-refractivity contribution in [3.05, 3.63) is 24.3 Å². The monoisotopic (exact) mass is 221 g/mol. The van der Waals surface area contributed by atoms with E-state index in [0.717, 1.165) is 5.69 Å². The third-order valence-electron chi connectivity index (χ3n) is 2.18. The van der Waals surface area contributed by atoms with E-state index in [1.54, 1.807) is 17.0 Å². The Kier molecular flexibility index (Phi) is 4.17. The van der Waals surface area contributed by atoms with Crippen LogP contribution in [0.25, 0.3) is 0 Å². The highest BCUT2D eigenvalue weighted by atomic mass is 16.2. The fourth-order valence-corrected chi connectivity index (χ4v) is 1.42. The zero-order valence-corrected chi connectivity index (χ0v) is 10.0. The Balaban J connectivity index is 2.81. The molecular formula is C12H19N3O. The molecule has 0 aliphatic heterocycles. The average Bonchev–Trinajstić information content (AvgIpc) is 2.21. The van der Waals surface area contributed by atoms with E-state index in [2.05, 4.69) is 5.32 Å². The fourth-order valence-electron chi connectivity index (χ4n) is 1.42. The lowest BCUT2D eigenvalue weighted by Crippen LogP contribution is -2.43. The second kappa shape index (κ2) is 5.39.